The lowest BCUT2D eigenvalue weighted by atomic mass is 9.77. The molecule has 0 aliphatic heterocycles. The van der Waals surface area contributed by atoms with Crippen molar-refractivity contribution in [3.63, 3.8) is 0 Å². The van der Waals surface area contributed by atoms with Crippen molar-refractivity contribution in [3.8, 4) is 0 Å². The van der Waals surface area contributed by atoms with Crippen LogP contribution >= 0.6 is 11.8 Å². The van der Waals surface area contributed by atoms with Crippen LogP contribution in [0.5, 0.6) is 0 Å². The molecular formula is C15H13BF4N3S-. The van der Waals surface area contributed by atoms with Crippen LogP contribution in [0, 0.1) is 5.82 Å². The fraction of sp³-hybridized carbons (Fsp3) is 0.0667. The smallest absolute Gasteiger partial charge is 0.445 e. The predicted octanol–water partition coefficient (Wildman–Crippen LogP) is 3.46. The van der Waals surface area contributed by atoms with E-state index in [1.165, 1.54) is 11.8 Å². The predicted molar refractivity (Wildman–Crippen MR) is 92.1 cm³/mol. The van der Waals surface area contributed by atoms with E-state index in [1.807, 2.05) is 30.3 Å². The van der Waals surface area contributed by atoms with Gasteiger partial charge in [0.05, 0.1) is 6.21 Å². The summed E-state index contributed by atoms with van der Waals surface area (Å²) in [4.78, 5) is 0. The van der Waals surface area contributed by atoms with E-state index >= 15 is 0 Å². The molecule has 0 fully saturated rings. The van der Waals surface area contributed by atoms with Gasteiger partial charge in [-0.05, 0) is 17.2 Å². The summed E-state index contributed by atoms with van der Waals surface area (Å²) in [6, 6.07) is 11.9. The van der Waals surface area contributed by atoms with Gasteiger partial charge in [-0.1, -0.05) is 59.7 Å². The maximum atomic E-state index is 13.0. The zero-order valence-electron chi connectivity index (χ0n) is 12.4. The van der Waals surface area contributed by atoms with Crippen molar-refractivity contribution < 1.29 is 17.3 Å². The van der Waals surface area contributed by atoms with Gasteiger partial charge in [0.2, 0.25) is 0 Å². The Morgan fingerprint density at radius 2 is 1.83 bits per heavy atom. The van der Waals surface area contributed by atoms with Crippen LogP contribution in [0.4, 0.5) is 17.3 Å². The first-order chi connectivity index (χ1) is 11.4. The largest absolute Gasteiger partial charge is 0.510 e. The van der Waals surface area contributed by atoms with Gasteiger partial charge in [0.1, 0.15) is 5.82 Å². The Kier molecular flexibility index (Phi) is 6.02. The fourth-order valence-electron chi connectivity index (χ4n) is 1.86. The molecule has 2 N–H and O–H groups in total. The molecule has 0 unspecified atom stereocenters. The summed E-state index contributed by atoms with van der Waals surface area (Å²) < 4.78 is 51.7. The molecular weight excluding hydrogens is 341 g/mol. The molecule has 0 aromatic heterocycles. The number of nitrogens with zero attached hydrogens (tertiary/aromatic N) is 2. The number of halogens is 4. The molecule has 0 aliphatic carbocycles. The highest BCUT2D eigenvalue weighted by Gasteiger charge is 2.28. The number of nitrogens with two attached hydrogens (primary N) is 1. The van der Waals surface area contributed by atoms with Crippen molar-refractivity contribution in [2.75, 3.05) is 0 Å². The third-order valence-corrected chi connectivity index (χ3v) is 3.84. The van der Waals surface area contributed by atoms with Crippen LogP contribution in [0.2, 0.25) is 0 Å². The zero-order chi connectivity index (χ0) is 17.6. The van der Waals surface area contributed by atoms with Crippen molar-refractivity contribution in [2.24, 2.45) is 15.9 Å². The van der Waals surface area contributed by atoms with E-state index in [0.29, 0.717) is 11.8 Å². The highest BCUT2D eigenvalue weighted by atomic mass is 32.2. The SMILES string of the molecule is NC(=NN=Cc1ccc(F)cc1[B-](F)(F)F)SCc1ccccc1. The molecule has 0 radical (unpaired) electrons. The first kappa shape index (κ1) is 18.1. The average molecular weight is 354 g/mol. The van der Waals surface area contributed by atoms with E-state index in [2.05, 4.69) is 10.2 Å². The molecule has 2 rings (SSSR count). The van der Waals surface area contributed by atoms with Crippen molar-refractivity contribution in [1.82, 2.24) is 0 Å². The second-order valence-corrected chi connectivity index (χ2v) is 5.80. The molecule has 0 saturated heterocycles. The number of rotatable bonds is 5. The van der Waals surface area contributed by atoms with Crippen molar-refractivity contribution in [2.45, 2.75) is 5.75 Å². The molecule has 0 heterocycles. The minimum Gasteiger partial charge on any atom is -0.445 e. The number of hydrogen-bond acceptors (Lipinski definition) is 3. The molecule has 0 spiro atoms. The Bertz CT molecular complexity index is 748. The zero-order valence-corrected chi connectivity index (χ0v) is 13.2. The molecule has 2 aromatic carbocycles. The minimum absolute atomic E-state index is 0.122. The molecule has 0 bridgehead atoms. The first-order valence-electron chi connectivity index (χ1n) is 6.89. The number of hydrogen-bond donors (Lipinski definition) is 1. The van der Waals surface area contributed by atoms with E-state index in [1.54, 1.807) is 0 Å². The van der Waals surface area contributed by atoms with Gasteiger partial charge in [-0.25, -0.2) is 4.39 Å². The molecule has 24 heavy (non-hydrogen) atoms. The van der Waals surface area contributed by atoms with Gasteiger partial charge in [-0.15, -0.1) is 5.10 Å². The van der Waals surface area contributed by atoms with Gasteiger partial charge in [0.15, 0.2) is 5.17 Å². The Labute approximate surface area is 140 Å². The topological polar surface area (TPSA) is 50.7 Å². The third kappa shape index (κ3) is 5.41. The molecule has 126 valence electrons. The second kappa shape index (κ2) is 8.00. The summed E-state index contributed by atoms with van der Waals surface area (Å²) in [6.45, 7) is -5.35. The van der Waals surface area contributed by atoms with Crippen LogP contribution in [0.25, 0.3) is 0 Å². The normalized spacial score (nSPS) is 12.8. The monoisotopic (exact) mass is 354 g/mol. The third-order valence-electron chi connectivity index (χ3n) is 2.98. The van der Waals surface area contributed by atoms with Crippen LogP contribution < -0.4 is 11.2 Å². The Morgan fingerprint density at radius 1 is 1.12 bits per heavy atom. The van der Waals surface area contributed by atoms with Gasteiger partial charge < -0.3 is 18.7 Å². The van der Waals surface area contributed by atoms with Gasteiger partial charge in [-0.2, -0.15) is 5.10 Å². The molecule has 0 aliphatic rings. The summed E-state index contributed by atoms with van der Waals surface area (Å²) in [5.41, 5.74) is 5.38. The fourth-order valence-corrected chi connectivity index (χ4v) is 2.47. The summed E-state index contributed by atoms with van der Waals surface area (Å²) >= 11 is 1.21. The lowest BCUT2D eigenvalue weighted by molar-refractivity contribution is 0.500. The summed E-state index contributed by atoms with van der Waals surface area (Å²) in [5, 5.41) is 7.34. The van der Waals surface area contributed by atoms with E-state index in [-0.39, 0.29) is 10.7 Å². The maximum absolute atomic E-state index is 13.0. The molecule has 0 amide bonds. The van der Waals surface area contributed by atoms with Crippen LogP contribution in [-0.2, 0) is 5.75 Å². The van der Waals surface area contributed by atoms with E-state index in [4.69, 9.17) is 5.73 Å². The Balaban J connectivity index is 2.05. The second-order valence-electron chi connectivity index (χ2n) is 4.81. The van der Waals surface area contributed by atoms with Crippen LogP contribution in [0.15, 0.2) is 58.7 Å². The maximum Gasteiger partial charge on any atom is 0.510 e. The van der Waals surface area contributed by atoms with Gasteiger partial charge in [0, 0.05) is 5.75 Å². The van der Waals surface area contributed by atoms with Gasteiger partial charge in [-0.3, -0.25) is 0 Å². The van der Waals surface area contributed by atoms with Gasteiger partial charge >= 0.3 is 6.98 Å². The van der Waals surface area contributed by atoms with Crippen molar-refractivity contribution in [1.29, 1.82) is 0 Å². The molecule has 3 nitrogen and oxygen atoms in total. The van der Waals surface area contributed by atoms with Crippen molar-refractivity contribution >= 4 is 35.6 Å². The average Bonchev–Trinajstić information content (AvgIpc) is 2.54. The number of thioether (sulfide) groups is 1. The van der Waals surface area contributed by atoms with Gasteiger partial charge in [0.25, 0.3) is 0 Å². The molecule has 9 heteroatoms. The number of amidine groups is 1. The van der Waals surface area contributed by atoms with Crippen LogP contribution in [0.1, 0.15) is 11.1 Å². The number of benzene rings is 2. The van der Waals surface area contributed by atoms with E-state index in [9.17, 15) is 17.3 Å². The van der Waals surface area contributed by atoms with Crippen LogP contribution in [0.3, 0.4) is 0 Å². The highest BCUT2D eigenvalue weighted by molar-refractivity contribution is 8.13. The Morgan fingerprint density at radius 3 is 2.50 bits per heavy atom. The molecule has 0 atom stereocenters. The van der Waals surface area contributed by atoms with E-state index in [0.717, 1.165) is 23.9 Å². The first-order valence-corrected chi connectivity index (χ1v) is 7.87. The van der Waals surface area contributed by atoms with E-state index < -0.39 is 18.3 Å². The van der Waals surface area contributed by atoms with Crippen LogP contribution in [-0.4, -0.2) is 18.4 Å². The lowest BCUT2D eigenvalue weighted by Crippen LogP contribution is -2.37. The molecule has 2 aromatic rings. The minimum atomic E-state index is -5.35. The standard InChI is InChI=1S/C15H13BF4N3S/c17-13-7-6-12(14(8-13)16(18,19)20)9-22-23-15(21)24-10-11-4-2-1-3-5-11/h1-9H,10H2,(H2,21,23)/q-1. The summed E-state index contributed by atoms with van der Waals surface area (Å²) in [5.74, 6) is -0.387. The summed E-state index contributed by atoms with van der Waals surface area (Å²) in [6.07, 6.45) is 0.917. The quantitative estimate of drug-likeness (QED) is 0.294. The Hall–Kier alpha value is -2.29. The highest BCUT2D eigenvalue weighted by Crippen LogP contribution is 2.13. The lowest BCUT2D eigenvalue weighted by Gasteiger charge is -2.17. The van der Waals surface area contributed by atoms with Crippen molar-refractivity contribution in [3.05, 3.63) is 65.5 Å². The molecule has 0 saturated carbocycles. The summed E-state index contributed by atoms with van der Waals surface area (Å²) in [7, 11) is 0.